The number of carbonyl (C=O) groups is 1. The van der Waals surface area contributed by atoms with Gasteiger partial charge in [-0.15, -0.1) is 0 Å². The Morgan fingerprint density at radius 3 is 2.69 bits per heavy atom. The third kappa shape index (κ3) is 3.63. The minimum atomic E-state index is 0.0761. The van der Waals surface area contributed by atoms with Gasteiger partial charge in [0.1, 0.15) is 0 Å². The van der Waals surface area contributed by atoms with Gasteiger partial charge < -0.3 is 5.32 Å². The molecule has 0 bridgehead atoms. The third-order valence-corrected chi connectivity index (χ3v) is 2.99. The number of hydrogen-bond acceptors (Lipinski definition) is 1. The molecule has 1 amide bonds. The van der Waals surface area contributed by atoms with Gasteiger partial charge >= 0.3 is 0 Å². The molecule has 0 spiro atoms. The molecule has 1 unspecified atom stereocenters. The molecule has 0 aromatic heterocycles. The second kappa shape index (κ2) is 6.04. The first-order valence-corrected chi connectivity index (χ1v) is 6.59. The van der Waals surface area contributed by atoms with Crippen molar-refractivity contribution in [3.05, 3.63) is 34.9 Å². The van der Waals surface area contributed by atoms with Crippen LogP contribution in [0.25, 0.3) is 0 Å². The number of carbonyl (C=O) groups excluding carboxylic acids is 1. The van der Waals surface area contributed by atoms with Gasteiger partial charge in [-0.3, -0.25) is 4.79 Å². The van der Waals surface area contributed by atoms with Crippen LogP contribution in [-0.4, -0.2) is 11.2 Å². The lowest BCUT2D eigenvalue weighted by Gasteiger charge is -2.16. The van der Waals surface area contributed by atoms with E-state index in [1.165, 1.54) is 16.7 Å². The molecule has 2 nitrogen and oxygen atoms in total. The predicted octanol–water partition coefficient (Wildman–Crippen LogP) is 3.27. The molecule has 0 fully saturated rings. The molecule has 1 aromatic carbocycles. The topological polar surface area (TPSA) is 29.1 Å². The van der Waals surface area contributed by atoms with Crippen molar-refractivity contribution < 1.29 is 4.79 Å². The van der Waals surface area contributed by atoms with Gasteiger partial charge in [0, 0.05) is 11.8 Å². The van der Waals surface area contributed by atoms with Gasteiger partial charge in [-0.2, -0.15) is 0 Å². The number of nitrogens with one attached hydrogen (secondary N) is 1. The van der Waals surface area contributed by atoms with Gasteiger partial charge in [-0.25, -0.2) is 0 Å². The Morgan fingerprint density at radius 1 is 1.44 bits per heavy atom. The van der Waals surface area contributed by atoms with E-state index in [4.69, 9.17) is 0 Å². The number of benzene rings is 1. The maximum atomic E-state index is 11.5. The fourth-order valence-electron chi connectivity index (χ4n) is 1.79. The normalized spacial score (nSPS) is 12.2. The molecule has 0 aliphatic rings. The zero-order chi connectivity index (χ0) is 12.1. The quantitative estimate of drug-likeness (QED) is 0.845. The largest absolute Gasteiger partial charge is 0.350 e. The number of halogens is 1. The van der Waals surface area contributed by atoms with Gasteiger partial charge in [0.25, 0.3) is 0 Å². The number of rotatable bonds is 4. The maximum Gasteiger partial charge on any atom is 0.221 e. The lowest BCUT2D eigenvalue weighted by atomic mass is 10.0. The second-order valence-electron chi connectivity index (χ2n) is 4.09. The van der Waals surface area contributed by atoms with Crippen LogP contribution in [0.4, 0.5) is 0 Å². The summed E-state index contributed by atoms with van der Waals surface area (Å²) in [6.07, 6.45) is 0.523. The average molecular weight is 284 g/mol. The standard InChI is InChI=1S/C13H18BrNO/c1-9-4-5-12(10(2)8-9)11(3)15-13(16)6-7-14/h4-5,8,11H,6-7H2,1-3H3,(H,15,16). The van der Waals surface area contributed by atoms with Crippen LogP contribution in [0.1, 0.15) is 36.1 Å². The summed E-state index contributed by atoms with van der Waals surface area (Å²) in [6.45, 7) is 6.17. The lowest BCUT2D eigenvalue weighted by molar-refractivity contribution is -0.121. The van der Waals surface area contributed by atoms with Crippen molar-refractivity contribution in [1.82, 2.24) is 5.32 Å². The monoisotopic (exact) mass is 283 g/mol. The van der Waals surface area contributed by atoms with Crippen LogP contribution in [0.15, 0.2) is 18.2 Å². The molecule has 0 aliphatic carbocycles. The highest BCUT2D eigenvalue weighted by molar-refractivity contribution is 9.09. The molecule has 1 N–H and O–H groups in total. The van der Waals surface area contributed by atoms with Crippen molar-refractivity contribution in [2.75, 3.05) is 5.33 Å². The predicted molar refractivity (Wildman–Crippen MR) is 70.9 cm³/mol. The Bertz CT molecular complexity index is 376. The summed E-state index contributed by atoms with van der Waals surface area (Å²) in [6, 6.07) is 6.38. The molecule has 88 valence electrons. The first-order chi connectivity index (χ1) is 7.54. The van der Waals surface area contributed by atoms with Crippen LogP contribution in [0, 0.1) is 13.8 Å². The van der Waals surface area contributed by atoms with E-state index in [9.17, 15) is 4.79 Å². The minimum Gasteiger partial charge on any atom is -0.350 e. The minimum absolute atomic E-state index is 0.0761. The fraction of sp³-hybridized carbons (Fsp3) is 0.462. The van der Waals surface area contributed by atoms with Crippen molar-refractivity contribution in [3.8, 4) is 0 Å². The summed E-state index contributed by atoms with van der Waals surface area (Å²) in [5, 5.41) is 3.70. The van der Waals surface area contributed by atoms with Gasteiger partial charge in [0.15, 0.2) is 0 Å². The Kier molecular flexibility index (Phi) is 5.00. The highest BCUT2D eigenvalue weighted by atomic mass is 79.9. The van der Waals surface area contributed by atoms with Crippen molar-refractivity contribution in [3.63, 3.8) is 0 Å². The van der Waals surface area contributed by atoms with E-state index in [1.54, 1.807) is 0 Å². The number of amides is 1. The van der Waals surface area contributed by atoms with E-state index >= 15 is 0 Å². The Labute approximate surface area is 106 Å². The van der Waals surface area contributed by atoms with Crippen LogP contribution < -0.4 is 5.32 Å². The average Bonchev–Trinajstić information content (AvgIpc) is 2.17. The van der Waals surface area contributed by atoms with Crippen LogP contribution in [-0.2, 0) is 4.79 Å². The Hall–Kier alpha value is -0.830. The van der Waals surface area contributed by atoms with Crippen LogP contribution in [0.5, 0.6) is 0 Å². The molecule has 0 aliphatic heterocycles. The molecule has 1 rings (SSSR count). The number of alkyl halides is 1. The summed E-state index contributed by atoms with van der Waals surface area (Å²) in [5.74, 6) is 0.0874. The van der Waals surface area contributed by atoms with Gasteiger partial charge in [-0.05, 0) is 31.9 Å². The van der Waals surface area contributed by atoms with Gasteiger partial charge in [-0.1, -0.05) is 39.7 Å². The molecule has 0 heterocycles. The summed E-state index contributed by atoms with van der Waals surface area (Å²) in [5.41, 5.74) is 3.67. The molecule has 3 heteroatoms. The van der Waals surface area contributed by atoms with E-state index in [2.05, 4.69) is 53.3 Å². The van der Waals surface area contributed by atoms with E-state index in [0.29, 0.717) is 11.8 Å². The summed E-state index contributed by atoms with van der Waals surface area (Å²) >= 11 is 3.26. The molecule has 1 atom stereocenters. The van der Waals surface area contributed by atoms with E-state index in [0.717, 1.165) is 0 Å². The lowest BCUT2D eigenvalue weighted by Crippen LogP contribution is -2.27. The van der Waals surface area contributed by atoms with Crippen molar-refractivity contribution >= 4 is 21.8 Å². The van der Waals surface area contributed by atoms with Crippen LogP contribution in [0.2, 0.25) is 0 Å². The van der Waals surface area contributed by atoms with Crippen LogP contribution in [0.3, 0.4) is 0 Å². The summed E-state index contributed by atoms with van der Waals surface area (Å²) in [7, 11) is 0. The Morgan fingerprint density at radius 2 is 2.12 bits per heavy atom. The SMILES string of the molecule is Cc1ccc(C(C)NC(=O)CCBr)c(C)c1. The zero-order valence-electron chi connectivity index (χ0n) is 10.0. The highest BCUT2D eigenvalue weighted by Gasteiger charge is 2.10. The van der Waals surface area contributed by atoms with Crippen LogP contribution >= 0.6 is 15.9 Å². The molecule has 0 saturated heterocycles. The van der Waals surface area contributed by atoms with Crippen molar-refractivity contribution in [1.29, 1.82) is 0 Å². The van der Waals surface area contributed by atoms with Gasteiger partial charge in [0.2, 0.25) is 5.91 Å². The molecule has 0 radical (unpaired) electrons. The first-order valence-electron chi connectivity index (χ1n) is 5.47. The molecular formula is C13H18BrNO. The zero-order valence-corrected chi connectivity index (χ0v) is 11.6. The smallest absolute Gasteiger partial charge is 0.221 e. The first kappa shape index (κ1) is 13.2. The van der Waals surface area contributed by atoms with E-state index in [1.807, 2.05) is 6.92 Å². The number of aryl methyl sites for hydroxylation is 2. The second-order valence-corrected chi connectivity index (χ2v) is 4.88. The Balaban J connectivity index is 2.72. The van der Waals surface area contributed by atoms with Crippen molar-refractivity contribution in [2.45, 2.75) is 33.2 Å². The third-order valence-electron chi connectivity index (χ3n) is 2.59. The molecular weight excluding hydrogens is 266 g/mol. The highest BCUT2D eigenvalue weighted by Crippen LogP contribution is 2.18. The van der Waals surface area contributed by atoms with Crippen molar-refractivity contribution in [2.24, 2.45) is 0 Å². The van der Waals surface area contributed by atoms with E-state index in [-0.39, 0.29) is 11.9 Å². The number of hydrogen-bond donors (Lipinski definition) is 1. The summed E-state index contributed by atoms with van der Waals surface area (Å²) < 4.78 is 0. The van der Waals surface area contributed by atoms with Gasteiger partial charge in [0.05, 0.1) is 6.04 Å². The molecule has 0 saturated carbocycles. The molecule has 16 heavy (non-hydrogen) atoms. The maximum absolute atomic E-state index is 11.5. The molecule has 1 aromatic rings. The summed E-state index contributed by atoms with van der Waals surface area (Å²) in [4.78, 5) is 11.5. The van der Waals surface area contributed by atoms with E-state index < -0.39 is 0 Å². The fourth-order valence-corrected chi connectivity index (χ4v) is 2.15.